The fraction of sp³-hybridized carbons (Fsp3) is 0.364. The monoisotopic (exact) mass is 192 g/mol. The van der Waals surface area contributed by atoms with Crippen molar-refractivity contribution in [3.8, 4) is 0 Å². The summed E-state index contributed by atoms with van der Waals surface area (Å²) in [6.45, 7) is 6.40. The van der Waals surface area contributed by atoms with Crippen LogP contribution in [0.1, 0.15) is 26.3 Å². The Balaban J connectivity index is 2.95. The third-order valence-electron chi connectivity index (χ3n) is 2.12. The number of rotatable bonds is 2. The molecule has 1 rings (SSSR count). The van der Waals surface area contributed by atoms with E-state index < -0.39 is 0 Å². The van der Waals surface area contributed by atoms with Crippen LogP contribution in [0.25, 0.3) is 0 Å². The smallest absolute Gasteiger partial charge is 0.113 e. The van der Waals surface area contributed by atoms with Crippen molar-refractivity contribution in [1.82, 2.24) is 0 Å². The molecule has 0 spiro atoms. The Morgan fingerprint density at radius 1 is 1.21 bits per heavy atom. The van der Waals surface area contributed by atoms with Crippen LogP contribution in [0.4, 0.5) is 5.69 Å². The number of hydrogen-bond acceptors (Lipinski definition) is 2. The van der Waals surface area contributed by atoms with E-state index in [4.69, 9.17) is 5.41 Å². The Hall–Kier alpha value is -1.35. The van der Waals surface area contributed by atoms with Crippen molar-refractivity contribution in [2.45, 2.75) is 26.2 Å². The summed E-state index contributed by atoms with van der Waals surface area (Å²) in [4.78, 5) is 0. The van der Waals surface area contributed by atoms with Crippen LogP contribution in [0.3, 0.4) is 0 Å². The zero-order valence-electron chi connectivity index (χ0n) is 8.78. The van der Waals surface area contributed by atoms with E-state index in [0.717, 1.165) is 11.4 Å². The van der Waals surface area contributed by atoms with Gasteiger partial charge in [-0.25, -0.2) is 5.06 Å². The first-order valence-electron chi connectivity index (χ1n) is 4.54. The maximum Gasteiger partial charge on any atom is 0.113 e. The molecule has 0 heterocycles. The van der Waals surface area contributed by atoms with Crippen molar-refractivity contribution >= 4 is 12.0 Å². The van der Waals surface area contributed by atoms with E-state index in [0.29, 0.717) is 5.69 Å². The van der Waals surface area contributed by atoms with Crippen molar-refractivity contribution in [3.63, 3.8) is 0 Å². The Kier molecular flexibility index (Phi) is 2.91. The van der Waals surface area contributed by atoms with Gasteiger partial charge in [-0.05, 0) is 23.1 Å². The molecule has 0 radical (unpaired) electrons. The molecule has 0 fully saturated rings. The summed E-state index contributed by atoms with van der Waals surface area (Å²) in [6, 6.07) is 7.52. The number of anilines is 1. The van der Waals surface area contributed by atoms with E-state index in [-0.39, 0.29) is 5.41 Å². The molecule has 1 aromatic carbocycles. The molecular formula is C11H16N2O. The minimum absolute atomic E-state index is 0.115. The molecule has 0 amide bonds. The van der Waals surface area contributed by atoms with Gasteiger partial charge in [-0.2, -0.15) is 0 Å². The van der Waals surface area contributed by atoms with Gasteiger partial charge < -0.3 is 0 Å². The summed E-state index contributed by atoms with van der Waals surface area (Å²) >= 11 is 0. The van der Waals surface area contributed by atoms with Crippen LogP contribution < -0.4 is 5.06 Å². The van der Waals surface area contributed by atoms with Crippen molar-refractivity contribution < 1.29 is 5.21 Å². The second-order valence-electron chi connectivity index (χ2n) is 4.27. The molecule has 2 N–H and O–H groups in total. The minimum Gasteiger partial charge on any atom is -0.289 e. The van der Waals surface area contributed by atoms with Crippen molar-refractivity contribution in [2.75, 3.05) is 5.06 Å². The van der Waals surface area contributed by atoms with Gasteiger partial charge in [-0.15, -0.1) is 0 Å². The van der Waals surface area contributed by atoms with E-state index in [1.165, 1.54) is 5.56 Å². The van der Waals surface area contributed by atoms with Crippen LogP contribution in [-0.4, -0.2) is 11.5 Å². The molecule has 0 aliphatic rings. The van der Waals surface area contributed by atoms with Gasteiger partial charge in [0.2, 0.25) is 0 Å². The second kappa shape index (κ2) is 3.80. The largest absolute Gasteiger partial charge is 0.289 e. The normalized spacial score (nSPS) is 11.1. The molecule has 14 heavy (non-hydrogen) atoms. The lowest BCUT2D eigenvalue weighted by Gasteiger charge is -2.20. The van der Waals surface area contributed by atoms with E-state index in [1.807, 2.05) is 12.1 Å². The Labute approximate surface area is 84.4 Å². The highest BCUT2D eigenvalue weighted by Gasteiger charge is 2.13. The molecule has 1 aromatic rings. The van der Waals surface area contributed by atoms with Gasteiger partial charge in [0.1, 0.15) is 6.34 Å². The fourth-order valence-electron chi connectivity index (χ4n) is 1.19. The lowest BCUT2D eigenvalue weighted by atomic mass is 9.87. The van der Waals surface area contributed by atoms with Crippen LogP contribution in [-0.2, 0) is 5.41 Å². The molecular weight excluding hydrogens is 176 g/mol. The van der Waals surface area contributed by atoms with Crippen LogP contribution in [0, 0.1) is 5.41 Å². The number of hydroxylamine groups is 1. The third-order valence-corrected chi connectivity index (χ3v) is 2.12. The highest BCUT2D eigenvalue weighted by molar-refractivity contribution is 5.73. The molecule has 3 nitrogen and oxygen atoms in total. The van der Waals surface area contributed by atoms with E-state index in [9.17, 15) is 5.21 Å². The minimum atomic E-state index is 0.115. The summed E-state index contributed by atoms with van der Waals surface area (Å²) in [7, 11) is 0. The second-order valence-corrected chi connectivity index (χ2v) is 4.27. The van der Waals surface area contributed by atoms with Crippen molar-refractivity contribution in [2.24, 2.45) is 0 Å². The maximum atomic E-state index is 9.21. The zero-order valence-corrected chi connectivity index (χ0v) is 8.78. The average molecular weight is 192 g/mol. The SMILES string of the molecule is CC(C)(C)c1ccc(N(O)C=N)cc1. The van der Waals surface area contributed by atoms with Gasteiger partial charge in [0.15, 0.2) is 0 Å². The zero-order chi connectivity index (χ0) is 10.8. The number of benzene rings is 1. The summed E-state index contributed by atoms with van der Waals surface area (Å²) < 4.78 is 0. The van der Waals surface area contributed by atoms with Gasteiger partial charge in [0.05, 0.1) is 5.69 Å². The third kappa shape index (κ3) is 2.33. The lowest BCUT2D eigenvalue weighted by Crippen LogP contribution is -2.15. The van der Waals surface area contributed by atoms with Crippen LogP contribution >= 0.6 is 0 Å². The molecule has 0 atom stereocenters. The number of nitrogens with zero attached hydrogens (tertiary/aromatic N) is 1. The summed E-state index contributed by atoms with van der Waals surface area (Å²) in [5, 5.41) is 16.9. The van der Waals surface area contributed by atoms with Crippen molar-refractivity contribution in [1.29, 1.82) is 5.41 Å². The van der Waals surface area contributed by atoms with Gasteiger partial charge in [-0.3, -0.25) is 10.6 Å². The van der Waals surface area contributed by atoms with Crippen LogP contribution in [0.5, 0.6) is 0 Å². The topological polar surface area (TPSA) is 47.3 Å². The van der Waals surface area contributed by atoms with Crippen LogP contribution in [0.2, 0.25) is 0 Å². The molecule has 0 aromatic heterocycles. The first kappa shape index (κ1) is 10.7. The Morgan fingerprint density at radius 3 is 2.07 bits per heavy atom. The summed E-state index contributed by atoms with van der Waals surface area (Å²) in [5.74, 6) is 0. The summed E-state index contributed by atoms with van der Waals surface area (Å²) in [6.07, 6.45) is 0.867. The standard InChI is InChI=1S/C11H16N2O/c1-11(2,3)9-4-6-10(7-5-9)13(14)8-12/h4-8,12,14H,1-3H3. The quantitative estimate of drug-likeness (QED) is 0.430. The predicted octanol–water partition coefficient (Wildman–Crippen LogP) is 2.79. The molecule has 76 valence electrons. The van der Waals surface area contributed by atoms with Gasteiger partial charge >= 0.3 is 0 Å². The van der Waals surface area contributed by atoms with Gasteiger partial charge in [0, 0.05) is 0 Å². The average Bonchev–Trinajstić information content (AvgIpc) is 2.15. The molecule has 0 saturated carbocycles. The molecule has 0 aliphatic carbocycles. The Bertz CT molecular complexity index is 311. The van der Waals surface area contributed by atoms with E-state index in [1.54, 1.807) is 12.1 Å². The first-order valence-corrected chi connectivity index (χ1v) is 4.54. The molecule has 0 bridgehead atoms. The van der Waals surface area contributed by atoms with E-state index in [2.05, 4.69) is 20.8 Å². The van der Waals surface area contributed by atoms with Crippen molar-refractivity contribution in [3.05, 3.63) is 29.8 Å². The maximum absolute atomic E-state index is 9.21. The van der Waals surface area contributed by atoms with Gasteiger partial charge in [0.25, 0.3) is 0 Å². The highest BCUT2D eigenvalue weighted by Crippen LogP contribution is 2.24. The van der Waals surface area contributed by atoms with E-state index >= 15 is 0 Å². The number of nitrogens with one attached hydrogen (secondary N) is 1. The van der Waals surface area contributed by atoms with Crippen LogP contribution in [0.15, 0.2) is 24.3 Å². The molecule has 0 saturated heterocycles. The highest BCUT2D eigenvalue weighted by atomic mass is 16.5. The lowest BCUT2D eigenvalue weighted by molar-refractivity contribution is 0.316. The molecule has 3 heteroatoms. The Morgan fingerprint density at radius 2 is 1.71 bits per heavy atom. The predicted molar refractivity (Wildman–Crippen MR) is 58.2 cm³/mol. The first-order chi connectivity index (χ1) is 6.45. The van der Waals surface area contributed by atoms with Gasteiger partial charge in [-0.1, -0.05) is 32.9 Å². The summed E-state index contributed by atoms with van der Waals surface area (Å²) in [5.41, 5.74) is 1.93. The molecule has 0 aliphatic heterocycles. The fourth-order valence-corrected chi connectivity index (χ4v) is 1.19. The molecule has 0 unspecified atom stereocenters. The number of hydrogen-bond donors (Lipinski definition) is 2.